The van der Waals surface area contributed by atoms with E-state index in [2.05, 4.69) is 15.9 Å². The van der Waals surface area contributed by atoms with E-state index in [-0.39, 0.29) is 4.90 Å². The van der Waals surface area contributed by atoms with Gasteiger partial charge >= 0.3 is 0 Å². The number of halogens is 1. The van der Waals surface area contributed by atoms with Crippen molar-refractivity contribution in [1.82, 2.24) is 0 Å². The lowest BCUT2D eigenvalue weighted by atomic mass is 10.0. The molecule has 0 N–H and O–H groups in total. The summed E-state index contributed by atoms with van der Waals surface area (Å²) in [5.74, 6) is -0.419. The second kappa shape index (κ2) is 7.95. The number of rotatable bonds is 6. The Kier molecular flexibility index (Phi) is 5.66. The lowest BCUT2D eigenvalue weighted by Gasteiger charge is -2.17. The van der Waals surface area contributed by atoms with Crippen LogP contribution in [-0.2, 0) is 14.3 Å². The summed E-state index contributed by atoms with van der Waals surface area (Å²) >= 11 is 3.26. The molecule has 3 rings (SSSR count). The Morgan fingerprint density at radius 3 is 1.92 bits per heavy atom. The van der Waals surface area contributed by atoms with Crippen LogP contribution in [0.2, 0.25) is 0 Å². The van der Waals surface area contributed by atoms with Crippen LogP contribution in [0.5, 0.6) is 0 Å². The molecule has 0 aliphatic carbocycles. The van der Waals surface area contributed by atoms with E-state index in [0.29, 0.717) is 11.1 Å². The van der Waals surface area contributed by atoms with Gasteiger partial charge in [0.05, 0.1) is 4.90 Å². The van der Waals surface area contributed by atoms with Crippen molar-refractivity contribution in [3.63, 3.8) is 0 Å². The largest absolute Gasteiger partial charge is 0.298 e. The summed E-state index contributed by atoms with van der Waals surface area (Å²) in [6.07, 6.45) is -1.26. The lowest BCUT2D eigenvalue weighted by molar-refractivity contribution is 0.0801. The van der Waals surface area contributed by atoms with Crippen LogP contribution in [0.1, 0.15) is 22.0 Å². The van der Waals surface area contributed by atoms with Gasteiger partial charge in [0.15, 0.2) is 11.9 Å². The van der Waals surface area contributed by atoms with Gasteiger partial charge in [-0.05, 0) is 29.8 Å². The second-order valence-electron chi connectivity index (χ2n) is 5.53. The molecule has 0 heterocycles. The zero-order valence-electron chi connectivity index (χ0n) is 13.6. The van der Waals surface area contributed by atoms with E-state index in [0.717, 1.165) is 4.47 Å². The van der Waals surface area contributed by atoms with Crippen molar-refractivity contribution in [1.29, 1.82) is 0 Å². The van der Waals surface area contributed by atoms with Crippen molar-refractivity contribution in [3.05, 3.63) is 101 Å². The Labute approximate surface area is 160 Å². The van der Waals surface area contributed by atoms with Crippen LogP contribution < -0.4 is 0 Å². The highest BCUT2D eigenvalue weighted by atomic mass is 79.9. The Morgan fingerprint density at radius 1 is 0.808 bits per heavy atom. The van der Waals surface area contributed by atoms with E-state index in [1.807, 2.05) is 0 Å². The third-order valence-corrected chi connectivity index (χ3v) is 5.55. The fourth-order valence-electron chi connectivity index (χ4n) is 2.42. The number of carbonyl (C=O) groups excluding carboxylic acids is 1. The molecule has 0 bridgehead atoms. The summed E-state index contributed by atoms with van der Waals surface area (Å²) in [5.41, 5.74) is 0.856. The van der Waals surface area contributed by atoms with Crippen molar-refractivity contribution < 1.29 is 17.4 Å². The number of benzene rings is 3. The molecule has 1 unspecified atom stereocenters. The average Bonchev–Trinajstić information content (AvgIpc) is 2.67. The number of ketones is 1. The van der Waals surface area contributed by atoms with Crippen LogP contribution in [0.15, 0.2) is 94.3 Å². The van der Waals surface area contributed by atoms with Gasteiger partial charge in [0, 0.05) is 10.0 Å². The number of Topliss-reactive ketones (excluding diaryl/α,β-unsaturated/α-hetero) is 1. The molecular formula is C20H15BrO4S. The highest BCUT2D eigenvalue weighted by Gasteiger charge is 2.29. The van der Waals surface area contributed by atoms with E-state index in [4.69, 9.17) is 4.18 Å². The Hall–Kier alpha value is -2.28. The van der Waals surface area contributed by atoms with Crippen LogP contribution in [0.4, 0.5) is 0 Å². The van der Waals surface area contributed by atoms with Crippen LogP contribution in [0.25, 0.3) is 0 Å². The van der Waals surface area contributed by atoms with Gasteiger partial charge < -0.3 is 0 Å². The van der Waals surface area contributed by atoms with Gasteiger partial charge in [0.2, 0.25) is 0 Å². The number of hydrogen-bond acceptors (Lipinski definition) is 4. The predicted octanol–water partition coefficient (Wildman–Crippen LogP) is 4.78. The van der Waals surface area contributed by atoms with Gasteiger partial charge in [0.1, 0.15) is 0 Å². The maximum Gasteiger partial charge on any atom is 0.298 e. The molecule has 132 valence electrons. The molecule has 0 fully saturated rings. The maximum absolute atomic E-state index is 12.9. The molecule has 0 spiro atoms. The molecule has 0 aromatic heterocycles. The van der Waals surface area contributed by atoms with E-state index in [9.17, 15) is 13.2 Å². The van der Waals surface area contributed by atoms with Crippen LogP contribution >= 0.6 is 15.9 Å². The predicted molar refractivity (Wildman–Crippen MR) is 102 cm³/mol. The second-order valence-corrected chi connectivity index (χ2v) is 8.01. The van der Waals surface area contributed by atoms with Crippen molar-refractivity contribution in [2.45, 2.75) is 11.0 Å². The van der Waals surface area contributed by atoms with Gasteiger partial charge in [-0.1, -0.05) is 76.6 Å². The molecule has 0 amide bonds. The number of hydrogen-bond donors (Lipinski definition) is 0. The summed E-state index contributed by atoms with van der Waals surface area (Å²) in [5, 5.41) is 0. The SMILES string of the molecule is O=C(c1ccccc1)C(OS(=O)(=O)c1ccc(Br)cc1)c1ccccc1. The summed E-state index contributed by atoms with van der Waals surface area (Å²) in [7, 11) is -4.12. The fourth-order valence-corrected chi connectivity index (χ4v) is 3.71. The van der Waals surface area contributed by atoms with Crippen molar-refractivity contribution in [2.75, 3.05) is 0 Å². The molecule has 3 aromatic carbocycles. The zero-order chi connectivity index (χ0) is 18.6. The third kappa shape index (κ3) is 4.27. The first-order chi connectivity index (χ1) is 12.5. The molecule has 26 heavy (non-hydrogen) atoms. The summed E-state index contributed by atoms with van der Waals surface area (Å²) in [6, 6.07) is 23.1. The maximum atomic E-state index is 12.9. The Bertz CT molecular complexity index is 985. The topological polar surface area (TPSA) is 60.4 Å². The van der Waals surface area contributed by atoms with E-state index in [1.54, 1.807) is 72.8 Å². The third-order valence-electron chi connectivity index (χ3n) is 3.72. The molecule has 0 radical (unpaired) electrons. The number of carbonyl (C=O) groups is 1. The fraction of sp³-hybridized carbons (Fsp3) is 0.0500. The normalized spacial score (nSPS) is 12.5. The van der Waals surface area contributed by atoms with Crippen LogP contribution in [-0.4, -0.2) is 14.2 Å². The molecular weight excluding hydrogens is 416 g/mol. The molecule has 3 aromatic rings. The van der Waals surface area contributed by atoms with Gasteiger partial charge in [0.25, 0.3) is 10.1 Å². The molecule has 6 heteroatoms. The van der Waals surface area contributed by atoms with Crippen LogP contribution in [0, 0.1) is 0 Å². The van der Waals surface area contributed by atoms with Gasteiger partial charge in [-0.15, -0.1) is 0 Å². The molecule has 0 aliphatic rings. The van der Waals surface area contributed by atoms with Gasteiger partial charge in [-0.3, -0.25) is 4.79 Å². The molecule has 4 nitrogen and oxygen atoms in total. The minimum absolute atomic E-state index is 0.0116. The Balaban J connectivity index is 1.99. The van der Waals surface area contributed by atoms with Crippen molar-refractivity contribution in [3.8, 4) is 0 Å². The van der Waals surface area contributed by atoms with E-state index in [1.165, 1.54) is 12.1 Å². The quantitative estimate of drug-likeness (QED) is 0.417. The first kappa shape index (κ1) is 18.5. The monoisotopic (exact) mass is 430 g/mol. The van der Waals surface area contributed by atoms with Crippen molar-refractivity contribution in [2.24, 2.45) is 0 Å². The smallest absolute Gasteiger partial charge is 0.291 e. The summed E-state index contributed by atoms with van der Waals surface area (Å²) < 4.78 is 31.5. The average molecular weight is 431 g/mol. The minimum atomic E-state index is -4.12. The lowest BCUT2D eigenvalue weighted by Crippen LogP contribution is -2.20. The summed E-state index contributed by atoms with van der Waals surface area (Å²) in [4.78, 5) is 12.9. The zero-order valence-corrected chi connectivity index (χ0v) is 16.0. The Morgan fingerprint density at radius 2 is 1.35 bits per heavy atom. The standard InChI is InChI=1S/C20H15BrO4S/c21-17-11-13-18(14-12-17)26(23,24)25-20(16-9-5-2-6-10-16)19(22)15-7-3-1-4-8-15/h1-14,20H. The van der Waals surface area contributed by atoms with Gasteiger partial charge in [-0.25, -0.2) is 4.18 Å². The summed E-state index contributed by atoms with van der Waals surface area (Å²) in [6.45, 7) is 0. The molecule has 0 aliphatic heterocycles. The first-order valence-corrected chi connectivity index (χ1v) is 10.0. The van der Waals surface area contributed by atoms with E-state index >= 15 is 0 Å². The highest BCUT2D eigenvalue weighted by Crippen LogP contribution is 2.28. The van der Waals surface area contributed by atoms with Gasteiger partial charge in [-0.2, -0.15) is 8.42 Å². The van der Waals surface area contributed by atoms with Crippen molar-refractivity contribution >= 4 is 31.8 Å². The first-order valence-electron chi connectivity index (χ1n) is 7.80. The molecule has 0 saturated carbocycles. The highest BCUT2D eigenvalue weighted by molar-refractivity contribution is 9.10. The molecule has 0 saturated heterocycles. The minimum Gasteiger partial charge on any atom is -0.291 e. The molecule has 1 atom stereocenters. The van der Waals surface area contributed by atoms with E-state index < -0.39 is 22.0 Å². The van der Waals surface area contributed by atoms with Crippen LogP contribution in [0.3, 0.4) is 0 Å².